The van der Waals surface area contributed by atoms with E-state index in [1.165, 1.54) is 6.92 Å². The zero-order valence-electron chi connectivity index (χ0n) is 7.91. The summed E-state index contributed by atoms with van der Waals surface area (Å²) in [5.41, 5.74) is 5.51. The summed E-state index contributed by atoms with van der Waals surface area (Å²) < 4.78 is 0. The Balaban J connectivity index is 3.89. The van der Waals surface area contributed by atoms with Gasteiger partial charge in [-0.05, 0) is 6.42 Å². The van der Waals surface area contributed by atoms with E-state index in [1.807, 2.05) is 6.92 Å². The molecule has 0 radical (unpaired) electrons. The summed E-state index contributed by atoms with van der Waals surface area (Å²) in [6.45, 7) is 3.47. The van der Waals surface area contributed by atoms with Gasteiger partial charge in [-0.25, -0.2) is 0 Å². The lowest BCUT2D eigenvalue weighted by Crippen LogP contribution is -2.41. The summed E-state index contributed by atoms with van der Waals surface area (Å²) in [6, 6.07) is -0.476. The molecule has 1 amide bonds. The van der Waals surface area contributed by atoms with Crippen molar-refractivity contribution in [3.63, 3.8) is 0 Å². The molecule has 76 valence electrons. The lowest BCUT2D eigenvalue weighted by Gasteiger charge is -2.13. The Kier molecular flexibility index (Phi) is 5.73. The molecule has 3 N–H and O–H groups in total. The summed E-state index contributed by atoms with van der Waals surface area (Å²) >= 11 is 4.05. The van der Waals surface area contributed by atoms with Gasteiger partial charge < -0.3 is 11.1 Å². The monoisotopic (exact) mass is 204 g/mol. The molecule has 2 unspecified atom stereocenters. The highest BCUT2D eigenvalue weighted by molar-refractivity contribution is 7.81. The van der Waals surface area contributed by atoms with Gasteiger partial charge in [0.15, 0.2) is 5.78 Å². The van der Waals surface area contributed by atoms with Crippen LogP contribution < -0.4 is 11.1 Å². The van der Waals surface area contributed by atoms with Crippen molar-refractivity contribution in [1.29, 1.82) is 0 Å². The quantitative estimate of drug-likeness (QED) is 0.540. The number of hydrogen-bond donors (Lipinski definition) is 3. The normalized spacial score (nSPS) is 14.8. The van der Waals surface area contributed by atoms with Crippen LogP contribution in [0.25, 0.3) is 0 Å². The fourth-order valence-electron chi connectivity index (χ4n) is 0.789. The first-order valence-electron chi connectivity index (χ1n) is 4.20. The second-order valence-electron chi connectivity index (χ2n) is 2.87. The summed E-state index contributed by atoms with van der Waals surface area (Å²) in [5.74, 6) is -0.295. The van der Waals surface area contributed by atoms with E-state index >= 15 is 0 Å². The molecule has 0 aromatic heterocycles. The Labute approximate surface area is 83.7 Å². The van der Waals surface area contributed by atoms with Gasteiger partial charge in [0, 0.05) is 13.5 Å². The summed E-state index contributed by atoms with van der Waals surface area (Å²) in [5, 5.41) is 2.01. The first-order valence-corrected chi connectivity index (χ1v) is 4.72. The zero-order valence-corrected chi connectivity index (χ0v) is 8.80. The van der Waals surface area contributed by atoms with Gasteiger partial charge in [-0.3, -0.25) is 9.59 Å². The number of hydrogen-bond acceptors (Lipinski definition) is 4. The molecule has 13 heavy (non-hydrogen) atoms. The second kappa shape index (κ2) is 5.99. The van der Waals surface area contributed by atoms with Crippen molar-refractivity contribution in [3.05, 3.63) is 0 Å². The number of rotatable bonds is 5. The molecule has 0 aromatic rings. The number of ketones is 1. The lowest BCUT2D eigenvalue weighted by atomic mass is 10.1. The van der Waals surface area contributed by atoms with E-state index in [4.69, 9.17) is 5.73 Å². The number of carbonyl (C=O) groups is 2. The first kappa shape index (κ1) is 12.4. The van der Waals surface area contributed by atoms with E-state index < -0.39 is 11.3 Å². The average Bonchev–Trinajstić information content (AvgIpc) is 2.11. The van der Waals surface area contributed by atoms with Crippen LogP contribution in [0.2, 0.25) is 0 Å². The molecule has 4 nitrogen and oxygen atoms in total. The smallest absolute Gasteiger partial charge is 0.216 e. The van der Waals surface area contributed by atoms with E-state index in [9.17, 15) is 9.59 Å². The third-order valence-corrected chi connectivity index (χ3v) is 2.12. The van der Waals surface area contributed by atoms with Crippen molar-refractivity contribution >= 4 is 24.3 Å². The average molecular weight is 204 g/mol. The molecular formula is C8H16N2O2S. The number of thiol groups is 1. The molecule has 0 saturated carbocycles. The minimum absolute atomic E-state index is 0.125. The largest absolute Gasteiger partial charge is 0.355 e. The van der Waals surface area contributed by atoms with Gasteiger partial charge >= 0.3 is 0 Å². The minimum atomic E-state index is -0.501. The van der Waals surface area contributed by atoms with Crippen molar-refractivity contribution in [2.45, 2.75) is 31.6 Å². The maximum atomic E-state index is 11.3. The third-order valence-electron chi connectivity index (χ3n) is 1.68. The van der Waals surface area contributed by atoms with Gasteiger partial charge in [-0.2, -0.15) is 12.6 Å². The summed E-state index contributed by atoms with van der Waals surface area (Å²) in [4.78, 5) is 21.9. The number of Topliss-reactive ketones (excluding diaryl/α,β-unsaturated/α-hetero) is 1. The molecule has 0 rings (SSSR count). The predicted molar refractivity (Wildman–Crippen MR) is 54.7 cm³/mol. The topological polar surface area (TPSA) is 72.2 Å². The van der Waals surface area contributed by atoms with Crippen LogP contribution in [0.5, 0.6) is 0 Å². The summed E-state index contributed by atoms with van der Waals surface area (Å²) in [6.07, 6.45) is 0.593. The molecule has 0 aliphatic heterocycles. The van der Waals surface area contributed by atoms with Crippen LogP contribution in [0.4, 0.5) is 0 Å². The van der Waals surface area contributed by atoms with Gasteiger partial charge in [0.1, 0.15) is 0 Å². The predicted octanol–water partition coefficient (Wildman–Crippen LogP) is -0.273. The van der Waals surface area contributed by atoms with Crippen molar-refractivity contribution in [1.82, 2.24) is 5.32 Å². The number of nitrogens with one attached hydrogen (secondary N) is 1. The van der Waals surface area contributed by atoms with Crippen LogP contribution in [0.1, 0.15) is 20.3 Å². The van der Waals surface area contributed by atoms with Crippen molar-refractivity contribution in [2.75, 3.05) is 6.54 Å². The molecule has 0 bridgehead atoms. The lowest BCUT2D eigenvalue weighted by molar-refractivity contribution is -0.120. The van der Waals surface area contributed by atoms with Crippen LogP contribution in [-0.4, -0.2) is 29.5 Å². The van der Waals surface area contributed by atoms with Gasteiger partial charge in [0.2, 0.25) is 5.91 Å². The van der Waals surface area contributed by atoms with Gasteiger partial charge in [-0.1, -0.05) is 6.92 Å². The fraction of sp³-hybridized carbons (Fsp3) is 0.750. The van der Waals surface area contributed by atoms with Crippen molar-refractivity contribution in [3.8, 4) is 0 Å². The van der Waals surface area contributed by atoms with E-state index in [-0.39, 0.29) is 18.2 Å². The van der Waals surface area contributed by atoms with Gasteiger partial charge in [0.05, 0.1) is 11.3 Å². The fourth-order valence-corrected chi connectivity index (χ4v) is 1.07. The van der Waals surface area contributed by atoms with Gasteiger partial charge in [-0.15, -0.1) is 0 Å². The Bertz CT molecular complexity index is 197. The molecule has 0 aromatic carbocycles. The third kappa shape index (κ3) is 4.90. The summed E-state index contributed by atoms with van der Waals surface area (Å²) in [7, 11) is 0. The van der Waals surface area contributed by atoms with Crippen LogP contribution in [0.15, 0.2) is 0 Å². The van der Waals surface area contributed by atoms with E-state index in [0.717, 1.165) is 0 Å². The Hall–Kier alpha value is -0.550. The number of carbonyl (C=O) groups excluding carboxylic acids is 2. The molecule has 0 saturated heterocycles. The maximum absolute atomic E-state index is 11.3. The molecule has 0 aliphatic carbocycles. The molecule has 0 aliphatic rings. The first-order chi connectivity index (χ1) is 5.99. The molecule has 2 atom stereocenters. The molecule has 0 spiro atoms. The minimum Gasteiger partial charge on any atom is -0.355 e. The highest BCUT2D eigenvalue weighted by Crippen LogP contribution is 2.00. The second-order valence-corrected chi connectivity index (χ2v) is 3.49. The Morgan fingerprint density at radius 1 is 1.54 bits per heavy atom. The Morgan fingerprint density at radius 2 is 2.08 bits per heavy atom. The maximum Gasteiger partial charge on any atom is 0.216 e. The van der Waals surface area contributed by atoms with E-state index in [2.05, 4.69) is 17.9 Å². The highest BCUT2D eigenvalue weighted by atomic mass is 32.1. The molecule has 0 heterocycles. The SMILES string of the molecule is CCC(N)C(=O)C(S)CNC(C)=O. The highest BCUT2D eigenvalue weighted by Gasteiger charge is 2.19. The van der Waals surface area contributed by atoms with Crippen molar-refractivity contribution in [2.24, 2.45) is 5.73 Å². The van der Waals surface area contributed by atoms with Crippen molar-refractivity contribution < 1.29 is 9.59 Å². The molecular weight excluding hydrogens is 188 g/mol. The van der Waals surface area contributed by atoms with E-state index in [0.29, 0.717) is 6.42 Å². The van der Waals surface area contributed by atoms with Gasteiger partial charge in [0.25, 0.3) is 0 Å². The Morgan fingerprint density at radius 3 is 2.46 bits per heavy atom. The zero-order chi connectivity index (χ0) is 10.4. The van der Waals surface area contributed by atoms with E-state index in [1.54, 1.807) is 0 Å². The van der Waals surface area contributed by atoms with Crippen LogP contribution >= 0.6 is 12.6 Å². The van der Waals surface area contributed by atoms with Crippen LogP contribution in [0.3, 0.4) is 0 Å². The van der Waals surface area contributed by atoms with Crippen LogP contribution in [0, 0.1) is 0 Å². The number of nitrogens with two attached hydrogens (primary N) is 1. The molecule has 5 heteroatoms. The standard InChI is InChI=1S/C8H16N2O2S/c1-3-6(9)8(12)7(13)4-10-5(2)11/h6-7,13H,3-4,9H2,1-2H3,(H,10,11). The van der Waals surface area contributed by atoms with Crippen LogP contribution in [-0.2, 0) is 9.59 Å². The number of amides is 1. The molecule has 0 fully saturated rings.